The molecule has 0 spiro atoms. The van der Waals surface area contributed by atoms with E-state index in [4.69, 9.17) is 0 Å². The number of rotatable bonds is 2. The van der Waals surface area contributed by atoms with E-state index in [2.05, 4.69) is 102 Å². The van der Waals surface area contributed by atoms with E-state index in [0.29, 0.717) is 0 Å². The predicted molar refractivity (Wildman–Crippen MR) is 124 cm³/mol. The number of hydrogen-bond donors (Lipinski definition) is 0. The molecule has 0 aliphatic carbocycles. The molecule has 1 aliphatic heterocycles. The van der Waals surface area contributed by atoms with Gasteiger partial charge in [-0.2, -0.15) is 0 Å². The molecular weight excluding hydrogens is 352 g/mol. The molecule has 1 aliphatic rings. The fourth-order valence-electron chi connectivity index (χ4n) is 4.49. The first kappa shape index (κ1) is 15.9. The molecule has 5 aromatic rings. The predicted octanol–water partition coefficient (Wildman–Crippen LogP) is 7.08. The van der Waals surface area contributed by atoms with Crippen molar-refractivity contribution in [2.75, 3.05) is 0 Å². The molecule has 0 bridgehead atoms. The maximum atomic E-state index is 2.43. The van der Waals surface area contributed by atoms with Gasteiger partial charge in [0, 0.05) is 0 Å². The maximum absolute atomic E-state index is 2.43. The Morgan fingerprint density at radius 1 is 0.500 bits per heavy atom. The maximum Gasteiger partial charge on any atom is 0.108 e. The topological polar surface area (TPSA) is 0 Å². The summed E-state index contributed by atoms with van der Waals surface area (Å²) in [4.78, 5) is 0. The van der Waals surface area contributed by atoms with E-state index in [9.17, 15) is 0 Å². The molecule has 131 valence electrons. The fourth-order valence-corrected chi connectivity index (χ4v) is 6.30. The first-order valence-corrected chi connectivity index (χ1v) is 11.7. The molecule has 0 atom stereocenters. The van der Waals surface area contributed by atoms with Crippen LogP contribution in [0.2, 0.25) is 0 Å². The SMILES string of the molecule is C1=C[Si](Cc2cccc3cc4ccc5cc6ccccc6cc5c4cc23)C=C1. The summed E-state index contributed by atoms with van der Waals surface area (Å²) in [6.07, 6.45) is 4.40. The standard InChI is InChI=1S/C27H19Si/c1-2-7-20-16-26-22(14-19(20)6-1)10-11-23-15-21-8-5-9-24(25(21)17-27(23)26)18-28-12-3-4-13-28/h1-17H,18H2. The summed E-state index contributed by atoms with van der Waals surface area (Å²) >= 11 is 0. The number of fused-ring (bicyclic) bond motifs is 5. The van der Waals surface area contributed by atoms with Gasteiger partial charge in [-0.25, -0.2) is 0 Å². The van der Waals surface area contributed by atoms with Crippen LogP contribution in [0.1, 0.15) is 5.56 Å². The summed E-state index contributed by atoms with van der Waals surface area (Å²) in [5.74, 6) is 0. The quantitative estimate of drug-likeness (QED) is 0.177. The van der Waals surface area contributed by atoms with E-state index in [0.717, 1.165) is 6.04 Å². The van der Waals surface area contributed by atoms with E-state index in [-0.39, 0.29) is 0 Å². The van der Waals surface area contributed by atoms with Crippen molar-refractivity contribution >= 4 is 51.9 Å². The second kappa shape index (κ2) is 6.18. The Bertz CT molecular complexity index is 1430. The highest BCUT2D eigenvalue weighted by atomic mass is 28.3. The Morgan fingerprint density at radius 3 is 1.89 bits per heavy atom. The lowest BCUT2D eigenvalue weighted by Crippen LogP contribution is -2.09. The van der Waals surface area contributed by atoms with Gasteiger partial charge in [-0.05, 0) is 79.0 Å². The second-order valence-corrected chi connectivity index (χ2v) is 9.84. The van der Waals surface area contributed by atoms with E-state index >= 15 is 0 Å². The minimum Gasteiger partial charge on any atom is -0.0917 e. The molecule has 0 fully saturated rings. The van der Waals surface area contributed by atoms with Crippen LogP contribution >= 0.6 is 0 Å². The zero-order valence-electron chi connectivity index (χ0n) is 15.5. The zero-order valence-corrected chi connectivity index (χ0v) is 16.5. The van der Waals surface area contributed by atoms with Crippen molar-refractivity contribution in [2.45, 2.75) is 6.04 Å². The Morgan fingerprint density at radius 2 is 1.11 bits per heavy atom. The molecule has 0 saturated heterocycles. The Hall–Kier alpha value is -3.16. The minimum absolute atomic E-state index is 0.539. The second-order valence-electron chi connectivity index (χ2n) is 7.67. The molecule has 0 unspecified atom stereocenters. The lowest BCUT2D eigenvalue weighted by Gasteiger charge is -2.12. The minimum atomic E-state index is -0.539. The van der Waals surface area contributed by atoms with Gasteiger partial charge in [0.15, 0.2) is 0 Å². The van der Waals surface area contributed by atoms with Crippen molar-refractivity contribution in [1.29, 1.82) is 0 Å². The summed E-state index contributed by atoms with van der Waals surface area (Å²) in [6.45, 7) is 0. The van der Waals surface area contributed by atoms with E-state index in [1.54, 1.807) is 0 Å². The van der Waals surface area contributed by atoms with Crippen molar-refractivity contribution in [1.82, 2.24) is 0 Å². The van der Waals surface area contributed by atoms with Crippen LogP contribution in [0.15, 0.2) is 102 Å². The van der Waals surface area contributed by atoms with Gasteiger partial charge in [0.2, 0.25) is 0 Å². The van der Waals surface area contributed by atoms with Gasteiger partial charge < -0.3 is 0 Å². The van der Waals surface area contributed by atoms with E-state index in [1.165, 1.54) is 48.7 Å². The largest absolute Gasteiger partial charge is 0.108 e. The average Bonchev–Trinajstić information content (AvgIpc) is 3.24. The summed E-state index contributed by atoms with van der Waals surface area (Å²) in [5, 5.41) is 10.7. The van der Waals surface area contributed by atoms with Crippen molar-refractivity contribution in [3.05, 3.63) is 108 Å². The van der Waals surface area contributed by atoms with Crippen LogP contribution in [0.25, 0.3) is 43.1 Å². The molecule has 0 aromatic heterocycles. The summed E-state index contributed by atoms with van der Waals surface area (Å²) in [5.41, 5.74) is 6.26. The third-order valence-electron chi connectivity index (χ3n) is 5.92. The average molecular weight is 372 g/mol. The molecule has 1 heterocycles. The number of benzene rings is 5. The molecule has 1 radical (unpaired) electrons. The highest BCUT2D eigenvalue weighted by Gasteiger charge is 2.12. The normalized spacial score (nSPS) is 14.1. The van der Waals surface area contributed by atoms with Crippen LogP contribution in [-0.4, -0.2) is 8.80 Å². The lowest BCUT2D eigenvalue weighted by molar-refractivity contribution is 1.42. The van der Waals surface area contributed by atoms with Crippen molar-refractivity contribution in [2.24, 2.45) is 0 Å². The molecule has 1 heteroatoms. The molecule has 5 aromatic carbocycles. The zero-order chi connectivity index (χ0) is 18.5. The highest BCUT2D eigenvalue weighted by Crippen LogP contribution is 2.33. The van der Waals surface area contributed by atoms with Crippen LogP contribution in [0.4, 0.5) is 0 Å². The molecule has 0 saturated carbocycles. The van der Waals surface area contributed by atoms with Crippen LogP contribution in [0.5, 0.6) is 0 Å². The van der Waals surface area contributed by atoms with E-state index in [1.807, 2.05) is 0 Å². The third kappa shape index (κ3) is 2.51. The van der Waals surface area contributed by atoms with Gasteiger partial charge in [0.1, 0.15) is 8.80 Å². The number of hydrogen-bond acceptors (Lipinski definition) is 0. The Kier molecular flexibility index (Phi) is 3.50. The molecular formula is C27H19Si. The monoisotopic (exact) mass is 371 g/mol. The smallest absolute Gasteiger partial charge is 0.0917 e. The Balaban J connectivity index is 1.65. The molecule has 0 nitrogen and oxygen atoms in total. The molecule has 28 heavy (non-hydrogen) atoms. The lowest BCUT2D eigenvalue weighted by atomic mass is 9.95. The molecule has 0 N–H and O–H groups in total. The third-order valence-corrected chi connectivity index (χ3v) is 7.95. The van der Waals surface area contributed by atoms with Gasteiger partial charge in [0.05, 0.1) is 0 Å². The van der Waals surface area contributed by atoms with Crippen LogP contribution < -0.4 is 0 Å². The van der Waals surface area contributed by atoms with Crippen LogP contribution in [-0.2, 0) is 6.04 Å². The van der Waals surface area contributed by atoms with Gasteiger partial charge >= 0.3 is 0 Å². The van der Waals surface area contributed by atoms with Crippen LogP contribution in [0.3, 0.4) is 0 Å². The summed E-state index contributed by atoms with van der Waals surface area (Å²) in [6, 6.07) is 30.6. The van der Waals surface area contributed by atoms with Gasteiger partial charge in [0.25, 0.3) is 0 Å². The van der Waals surface area contributed by atoms with Crippen molar-refractivity contribution in [3.63, 3.8) is 0 Å². The number of allylic oxidation sites excluding steroid dienone is 2. The Labute approximate surface area is 166 Å². The van der Waals surface area contributed by atoms with Crippen molar-refractivity contribution < 1.29 is 0 Å². The summed E-state index contributed by atoms with van der Waals surface area (Å²) in [7, 11) is -0.539. The molecule has 0 amide bonds. The van der Waals surface area contributed by atoms with Gasteiger partial charge in [-0.15, -0.1) is 0 Å². The van der Waals surface area contributed by atoms with Gasteiger partial charge in [-0.3, -0.25) is 0 Å². The first-order valence-electron chi connectivity index (χ1n) is 9.83. The van der Waals surface area contributed by atoms with Crippen LogP contribution in [0, 0.1) is 0 Å². The fraction of sp³-hybridized carbons (Fsp3) is 0.0370. The van der Waals surface area contributed by atoms with Gasteiger partial charge in [-0.1, -0.05) is 78.1 Å². The highest BCUT2D eigenvalue weighted by molar-refractivity contribution is 6.70. The van der Waals surface area contributed by atoms with E-state index < -0.39 is 8.80 Å². The first-order chi connectivity index (χ1) is 13.8. The summed E-state index contributed by atoms with van der Waals surface area (Å²) < 4.78 is 0. The molecule has 6 rings (SSSR count). The van der Waals surface area contributed by atoms with Crippen molar-refractivity contribution in [3.8, 4) is 0 Å².